The zero-order valence-electron chi connectivity index (χ0n) is 11.2. The van der Waals surface area contributed by atoms with Crippen molar-refractivity contribution in [1.29, 1.82) is 0 Å². The lowest BCUT2D eigenvalue weighted by Gasteiger charge is -2.13. The minimum absolute atomic E-state index is 0.383. The van der Waals surface area contributed by atoms with Crippen LogP contribution in [0.25, 0.3) is 0 Å². The van der Waals surface area contributed by atoms with E-state index < -0.39 is 0 Å². The highest BCUT2D eigenvalue weighted by Crippen LogP contribution is 2.19. The molecule has 2 N–H and O–H groups in total. The highest BCUT2D eigenvalue weighted by molar-refractivity contribution is 5.07. The molecule has 0 aromatic carbocycles. The monoisotopic (exact) mass is 241 g/mol. The van der Waals surface area contributed by atoms with Crippen LogP contribution in [0.5, 0.6) is 0 Å². The molecule has 1 aliphatic rings. The summed E-state index contributed by atoms with van der Waals surface area (Å²) in [6, 6.07) is 0. The predicted molar refractivity (Wildman–Crippen MR) is 71.1 cm³/mol. The molecule has 0 spiro atoms. The van der Waals surface area contributed by atoms with Crippen LogP contribution in [0.3, 0.4) is 0 Å². The molecule has 0 saturated carbocycles. The Bertz CT molecular complexity index is 226. The van der Waals surface area contributed by atoms with Gasteiger partial charge in [-0.25, -0.2) is 0 Å². The Hall–Kier alpha value is -0.380. The van der Waals surface area contributed by atoms with Crippen LogP contribution >= 0.6 is 0 Å². The lowest BCUT2D eigenvalue weighted by Crippen LogP contribution is -2.31. The number of ether oxygens (including phenoxy) is 1. The van der Waals surface area contributed by atoms with Gasteiger partial charge in [0.25, 0.3) is 0 Å². The van der Waals surface area contributed by atoms with Gasteiger partial charge in [-0.15, -0.1) is 0 Å². The maximum Gasteiger partial charge on any atom is 0.0897 e. The Kier molecular flexibility index (Phi) is 7.49. The van der Waals surface area contributed by atoms with Crippen molar-refractivity contribution in [3.8, 4) is 0 Å². The van der Waals surface area contributed by atoms with Gasteiger partial charge in [0.05, 0.1) is 12.7 Å². The summed E-state index contributed by atoms with van der Waals surface area (Å²) >= 11 is 0. The number of hydrogen-bond donors (Lipinski definition) is 2. The molecule has 0 amide bonds. The van der Waals surface area contributed by atoms with Gasteiger partial charge in [0.15, 0.2) is 0 Å². The molecule has 0 heterocycles. The molecule has 1 atom stereocenters. The van der Waals surface area contributed by atoms with E-state index in [1.54, 1.807) is 5.57 Å². The Labute approximate surface area is 105 Å². The Balaban J connectivity index is 1.91. The van der Waals surface area contributed by atoms with Gasteiger partial charge < -0.3 is 15.2 Å². The number of allylic oxidation sites excluding steroid dienone is 1. The zero-order chi connectivity index (χ0) is 12.5. The van der Waals surface area contributed by atoms with Gasteiger partial charge in [-0.3, -0.25) is 0 Å². The third-order valence-electron chi connectivity index (χ3n) is 2.90. The van der Waals surface area contributed by atoms with Crippen LogP contribution in [-0.4, -0.2) is 37.5 Å². The maximum absolute atomic E-state index is 9.65. The van der Waals surface area contributed by atoms with Crippen LogP contribution in [0.1, 0.15) is 39.5 Å². The Morgan fingerprint density at radius 2 is 2.24 bits per heavy atom. The Morgan fingerprint density at radius 1 is 1.41 bits per heavy atom. The van der Waals surface area contributed by atoms with Crippen LogP contribution in [0.2, 0.25) is 0 Å². The van der Waals surface area contributed by atoms with Crippen LogP contribution in [0.15, 0.2) is 11.6 Å². The standard InChI is InChI=1S/C14H27NO2/c1-12(2)10-17-11-14(16)9-15-8-7-13-5-3-4-6-13/h5,12,14-16H,3-4,6-11H2,1-2H3. The van der Waals surface area contributed by atoms with Crippen molar-refractivity contribution in [2.24, 2.45) is 5.92 Å². The molecule has 3 heteroatoms. The van der Waals surface area contributed by atoms with E-state index in [1.165, 1.54) is 19.3 Å². The fourth-order valence-electron chi connectivity index (χ4n) is 1.98. The molecular weight excluding hydrogens is 214 g/mol. The molecule has 0 fully saturated rings. The average Bonchev–Trinajstić information content (AvgIpc) is 2.76. The summed E-state index contributed by atoms with van der Waals surface area (Å²) < 4.78 is 5.39. The van der Waals surface area contributed by atoms with Crippen molar-refractivity contribution in [1.82, 2.24) is 5.32 Å². The lowest BCUT2D eigenvalue weighted by molar-refractivity contribution is 0.0263. The van der Waals surface area contributed by atoms with E-state index >= 15 is 0 Å². The molecule has 0 bridgehead atoms. The second-order valence-corrected chi connectivity index (χ2v) is 5.29. The van der Waals surface area contributed by atoms with E-state index in [0.29, 0.717) is 19.1 Å². The topological polar surface area (TPSA) is 41.5 Å². The van der Waals surface area contributed by atoms with Crippen molar-refractivity contribution >= 4 is 0 Å². The van der Waals surface area contributed by atoms with E-state index in [0.717, 1.165) is 19.6 Å². The smallest absolute Gasteiger partial charge is 0.0897 e. The minimum Gasteiger partial charge on any atom is -0.389 e. The first kappa shape index (κ1) is 14.7. The van der Waals surface area contributed by atoms with Crippen molar-refractivity contribution in [2.75, 3.05) is 26.3 Å². The van der Waals surface area contributed by atoms with Crippen LogP contribution in [-0.2, 0) is 4.74 Å². The second-order valence-electron chi connectivity index (χ2n) is 5.29. The molecule has 100 valence electrons. The molecular formula is C14H27NO2. The first-order valence-corrected chi connectivity index (χ1v) is 6.83. The molecule has 1 rings (SSSR count). The van der Waals surface area contributed by atoms with Gasteiger partial charge in [0.2, 0.25) is 0 Å². The van der Waals surface area contributed by atoms with Crippen molar-refractivity contribution in [3.05, 3.63) is 11.6 Å². The highest BCUT2D eigenvalue weighted by Gasteiger charge is 2.06. The lowest BCUT2D eigenvalue weighted by atomic mass is 10.2. The number of aliphatic hydroxyl groups is 1. The third-order valence-corrected chi connectivity index (χ3v) is 2.90. The fourth-order valence-corrected chi connectivity index (χ4v) is 1.98. The second kappa shape index (κ2) is 8.67. The fraction of sp³-hybridized carbons (Fsp3) is 0.857. The highest BCUT2D eigenvalue weighted by atomic mass is 16.5. The largest absolute Gasteiger partial charge is 0.389 e. The summed E-state index contributed by atoms with van der Waals surface area (Å²) in [5.41, 5.74) is 1.57. The van der Waals surface area contributed by atoms with Crippen molar-refractivity contribution < 1.29 is 9.84 Å². The minimum atomic E-state index is -0.383. The van der Waals surface area contributed by atoms with E-state index in [-0.39, 0.29) is 6.10 Å². The summed E-state index contributed by atoms with van der Waals surface area (Å²) in [4.78, 5) is 0. The van der Waals surface area contributed by atoms with E-state index in [1.807, 2.05) is 0 Å². The molecule has 3 nitrogen and oxygen atoms in total. The first-order valence-electron chi connectivity index (χ1n) is 6.83. The van der Waals surface area contributed by atoms with Crippen molar-refractivity contribution in [2.45, 2.75) is 45.6 Å². The average molecular weight is 241 g/mol. The SMILES string of the molecule is CC(C)COCC(O)CNCCC1=CCCC1. The van der Waals surface area contributed by atoms with Crippen LogP contribution in [0.4, 0.5) is 0 Å². The van der Waals surface area contributed by atoms with Gasteiger partial charge in [-0.2, -0.15) is 0 Å². The van der Waals surface area contributed by atoms with Crippen molar-refractivity contribution in [3.63, 3.8) is 0 Å². The first-order chi connectivity index (χ1) is 8.18. The molecule has 0 aliphatic heterocycles. The number of aliphatic hydroxyl groups excluding tert-OH is 1. The van der Waals surface area contributed by atoms with Gasteiger partial charge in [-0.05, 0) is 38.1 Å². The van der Waals surface area contributed by atoms with E-state index in [4.69, 9.17) is 4.74 Å². The molecule has 0 saturated heterocycles. The summed E-state index contributed by atoms with van der Waals surface area (Å²) in [7, 11) is 0. The quantitative estimate of drug-likeness (QED) is 0.480. The van der Waals surface area contributed by atoms with E-state index in [9.17, 15) is 5.11 Å². The molecule has 1 aliphatic carbocycles. The summed E-state index contributed by atoms with van der Waals surface area (Å²) in [5, 5.41) is 12.9. The molecule has 0 aromatic heterocycles. The van der Waals surface area contributed by atoms with Gasteiger partial charge in [0.1, 0.15) is 0 Å². The summed E-state index contributed by atoms with van der Waals surface area (Å²) in [5.74, 6) is 0.532. The number of nitrogens with one attached hydrogen (secondary N) is 1. The summed E-state index contributed by atoms with van der Waals surface area (Å²) in [6.45, 7) is 6.98. The van der Waals surface area contributed by atoms with Gasteiger partial charge in [0, 0.05) is 13.2 Å². The van der Waals surface area contributed by atoms with Gasteiger partial charge in [-0.1, -0.05) is 25.5 Å². The van der Waals surface area contributed by atoms with Crippen LogP contribution in [0, 0.1) is 5.92 Å². The number of rotatable bonds is 9. The number of hydrogen-bond acceptors (Lipinski definition) is 3. The third kappa shape index (κ3) is 7.53. The predicted octanol–water partition coefficient (Wildman–Crippen LogP) is 2.11. The normalized spacial score (nSPS) is 17.5. The molecule has 0 aromatic rings. The molecule has 0 radical (unpaired) electrons. The molecule has 1 unspecified atom stereocenters. The Morgan fingerprint density at radius 3 is 2.88 bits per heavy atom. The maximum atomic E-state index is 9.65. The molecule has 17 heavy (non-hydrogen) atoms. The van der Waals surface area contributed by atoms with Crippen LogP contribution < -0.4 is 5.32 Å². The zero-order valence-corrected chi connectivity index (χ0v) is 11.2. The van der Waals surface area contributed by atoms with Gasteiger partial charge >= 0.3 is 0 Å². The van der Waals surface area contributed by atoms with E-state index in [2.05, 4.69) is 25.2 Å². The summed E-state index contributed by atoms with van der Waals surface area (Å²) in [6.07, 6.45) is 6.93.